The Labute approximate surface area is 101 Å². The van der Waals surface area contributed by atoms with Gasteiger partial charge in [0.05, 0.1) is 22.9 Å². The molecule has 0 saturated carbocycles. The van der Waals surface area contributed by atoms with Gasteiger partial charge in [0.1, 0.15) is 6.07 Å². The van der Waals surface area contributed by atoms with Crippen LogP contribution in [0.1, 0.15) is 19.4 Å². The maximum absolute atomic E-state index is 11.6. The molecule has 1 aromatic rings. The van der Waals surface area contributed by atoms with Crippen molar-refractivity contribution in [2.75, 3.05) is 18.9 Å². The van der Waals surface area contributed by atoms with Crippen LogP contribution >= 0.6 is 0 Å². The molecule has 0 aliphatic rings. The number of carbonyl (C=O) groups is 1. The molecule has 1 amide bonds. The summed E-state index contributed by atoms with van der Waals surface area (Å²) in [5.41, 5.74) is 0.622. The van der Waals surface area contributed by atoms with E-state index in [1.165, 1.54) is 0 Å². The Hall–Kier alpha value is -2.09. The van der Waals surface area contributed by atoms with Crippen molar-refractivity contribution >= 4 is 11.6 Å². The average Bonchev–Trinajstić information content (AvgIpc) is 2.35. The van der Waals surface area contributed by atoms with Gasteiger partial charge in [-0.15, -0.1) is 0 Å². The molecule has 0 saturated heterocycles. The van der Waals surface area contributed by atoms with Crippen molar-refractivity contribution in [1.29, 1.82) is 5.26 Å². The highest BCUT2D eigenvalue weighted by atomic mass is 16.2. The van der Waals surface area contributed by atoms with Crippen LogP contribution in [0.2, 0.25) is 0 Å². The Morgan fingerprint density at radius 3 is 2.88 bits per heavy atom. The molecule has 0 bridgehead atoms. The molecule has 0 aromatic carbocycles. The summed E-state index contributed by atoms with van der Waals surface area (Å²) >= 11 is 0. The van der Waals surface area contributed by atoms with Crippen molar-refractivity contribution in [3.8, 4) is 6.07 Å². The van der Waals surface area contributed by atoms with Gasteiger partial charge in [-0.2, -0.15) is 5.26 Å². The number of hydrogen-bond donors (Lipinski definition) is 2. The molecular weight excluding hydrogens is 216 g/mol. The third kappa shape index (κ3) is 3.18. The SMILES string of the molecule is CNC(=O)C(C)(C)CNc1cnccc1C#N. The second-order valence-electron chi connectivity index (χ2n) is 4.35. The highest BCUT2D eigenvalue weighted by molar-refractivity contribution is 5.82. The van der Waals surface area contributed by atoms with Gasteiger partial charge in [0.2, 0.25) is 5.91 Å². The number of amides is 1. The van der Waals surface area contributed by atoms with Crippen molar-refractivity contribution < 1.29 is 4.79 Å². The van der Waals surface area contributed by atoms with E-state index in [9.17, 15) is 4.79 Å². The van der Waals surface area contributed by atoms with E-state index in [0.29, 0.717) is 17.8 Å². The standard InChI is InChI=1S/C12H16N4O/c1-12(2,11(17)14-3)8-16-10-7-15-5-4-9(10)6-13/h4-5,7,16H,8H2,1-3H3,(H,14,17). The molecule has 0 spiro atoms. The first-order valence-electron chi connectivity index (χ1n) is 5.31. The summed E-state index contributed by atoms with van der Waals surface area (Å²) in [6.07, 6.45) is 3.14. The number of rotatable bonds is 4. The van der Waals surface area contributed by atoms with Gasteiger partial charge >= 0.3 is 0 Å². The Morgan fingerprint density at radius 2 is 2.29 bits per heavy atom. The molecular formula is C12H16N4O. The zero-order valence-electron chi connectivity index (χ0n) is 10.2. The minimum absolute atomic E-state index is 0.0487. The fourth-order valence-electron chi connectivity index (χ4n) is 1.37. The van der Waals surface area contributed by atoms with Gasteiger partial charge in [0, 0.05) is 19.8 Å². The molecule has 0 radical (unpaired) electrons. The summed E-state index contributed by atoms with van der Waals surface area (Å²) in [7, 11) is 1.61. The molecule has 1 aromatic heterocycles. The fourth-order valence-corrected chi connectivity index (χ4v) is 1.37. The fraction of sp³-hybridized carbons (Fsp3) is 0.417. The van der Waals surface area contributed by atoms with Crippen molar-refractivity contribution in [1.82, 2.24) is 10.3 Å². The minimum Gasteiger partial charge on any atom is -0.382 e. The Morgan fingerprint density at radius 1 is 1.59 bits per heavy atom. The Balaban J connectivity index is 2.74. The van der Waals surface area contributed by atoms with Crippen LogP contribution in [0.15, 0.2) is 18.5 Å². The van der Waals surface area contributed by atoms with E-state index < -0.39 is 5.41 Å². The van der Waals surface area contributed by atoms with E-state index >= 15 is 0 Å². The number of anilines is 1. The largest absolute Gasteiger partial charge is 0.382 e. The highest BCUT2D eigenvalue weighted by Crippen LogP contribution is 2.18. The van der Waals surface area contributed by atoms with Crippen LogP contribution in [0.5, 0.6) is 0 Å². The van der Waals surface area contributed by atoms with Gasteiger partial charge < -0.3 is 10.6 Å². The van der Waals surface area contributed by atoms with Crippen molar-refractivity contribution in [3.05, 3.63) is 24.0 Å². The van der Waals surface area contributed by atoms with Crippen LogP contribution in [-0.2, 0) is 4.79 Å². The lowest BCUT2D eigenvalue weighted by Gasteiger charge is -2.23. The molecule has 0 atom stereocenters. The lowest BCUT2D eigenvalue weighted by Crippen LogP contribution is -2.39. The van der Waals surface area contributed by atoms with Crippen LogP contribution in [0.25, 0.3) is 0 Å². The van der Waals surface area contributed by atoms with E-state index in [-0.39, 0.29) is 5.91 Å². The molecule has 1 heterocycles. The summed E-state index contributed by atoms with van der Waals surface area (Å²) in [6, 6.07) is 3.71. The summed E-state index contributed by atoms with van der Waals surface area (Å²) in [5.74, 6) is -0.0487. The van der Waals surface area contributed by atoms with Crippen LogP contribution in [0.4, 0.5) is 5.69 Å². The molecule has 5 nitrogen and oxygen atoms in total. The number of carbonyl (C=O) groups excluding carboxylic acids is 1. The van der Waals surface area contributed by atoms with Gasteiger partial charge in [-0.1, -0.05) is 0 Å². The molecule has 0 aliphatic carbocycles. The maximum Gasteiger partial charge on any atom is 0.227 e. The van der Waals surface area contributed by atoms with Gasteiger partial charge in [0.25, 0.3) is 0 Å². The molecule has 1 rings (SSSR count). The summed E-state index contributed by atoms with van der Waals surface area (Å²) in [6.45, 7) is 4.11. The van der Waals surface area contributed by atoms with Crippen LogP contribution < -0.4 is 10.6 Å². The van der Waals surface area contributed by atoms with Gasteiger partial charge in [0.15, 0.2) is 0 Å². The highest BCUT2D eigenvalue weighted by Gasteiger charge is 2.26. The average molecular weight is 232 g/mol. The van der Waals surface area contributed by atoms with Gasteiger partial charge in [-0.25, -0.2) is 0 Å². The topological polar surface area (TPSA) is 77.8 Å². The molecule has 90 valence electrons. The molecule has 0 unspecified atom stereocenters. The van der Waals surface area contributed by atoms with Crippen LogP contribution in [-0.4, -0.2) is 24.5 Å². The second-order valence-corrected chi connectivity index (χ2v) is 4.35. The zero-order chi connectivity index (χ0) is 12.9. The number of hydrogen-bond acceptors (Lipinski definition) is 4. The number of nitriles is 1. The molecule has 0 aliphatic heterocycles. The monoisotopic (exact) mass is 232 g/mol. The number of nitrogens with one attached hydrogen (secondary N) is 2. The molecule has 0 fully saturated rings. The smallest absolute Gasteiger partial charge is 0.227 e. The number of aromatic nitrogens is 1. The van der Waals surface area contributed by atoms with E-state index in [0.717, 1.165) is 0 Å². The van der Waals surface area contributed by atoms with Gasteiger partial charge in [-0.3, -0.25) is 9.78 Å². The Bertz CT molecular complexity index is 448. The lowest BCUT2D eigenvalue weighted by atomic mass is 9.92. The summed E-state index contributed by atoms with van der Waals surface area (Å²) in [4.78, 5) is 15.5. The lowest BCUT2D eigenvalue weighted by molar-refractivity contribution is -0.128. The van der Waals surface area contributed by atoms with Crippen molar-refractivity contribution in [3.63, 3.8) is 0 Å². The van der Waals surface area contributed by atoms with Crippen molar-refractivity contribution in [2.24, 2.45) is 5.41 Å². The van der Waals surface area contributed by atoms with Crippen LogP contribution in [0.3, 0.4) is 0 Å². The third-order valence-corrected chi connectivity index (χ3v) is 2.50. The first-order chi connectivity index (χ1) is 8.01. The third-order valence-electron chi connectivity index (χ3n) is 2.50. The summed E-state index contributed by atoms with van der Waals surface area (Å²) < 4.78 is 0. The Kier molecular flexibility index (Phi) is 4.05. The number of pyridine rings is 1. The second kappa shape index (κ2) is 5.30. The van der Waals surface area contributed by atoms with E-state index in [1.54, 1.807) is 25.5 Å². The van der Waals surface area contributed by atoms with Crippen LogP contribution in [0, 0.1) is 16.7 Å². The zero-order valence-corrected chi connectivity index (χ0v) is 10.2. The van der Waals surface area contributed by atoms with E-state index in [4.69, 9.17) is 5.26 Å². The predicted molar refractivity (Wildman–Crippen MR) is 65.3 cm³/mol. The normalized spacial score (nSPS) is 10.5. The quantitative estimate of drug-likeness (QED) is 0.816. The first-order valence-corrected chi connectivity index (χ1v) is 5.31. The summed E-state index contributed by atoms with van der Waals surface area (Å²) in [5, 5.41) is 14.6. The maximum atomic E-state index is 11.6. The van der Waals surface area contributed by atoms with Crippen molar-refractivity contribution in [2.45, 2.75) is 13.8 Å². The van der Waals surface area contributed by atoms with Gasteiger partial charge in [-0.05, 0) is 19.9 Å². The number of nitrogens with zero attached hydrogens (tertiary/aromatic N) is 2. The molecule has 5 heteroatoms. The first kappa shape index (κ1) is 13.0. The molecule has 2 N–H and O–H groups in total. The molecule has 17 heavy (non-hydrogen) atoms. The minimum atomic E-state index is -0.544. The van der Waals surface area contributed by atoms with E-state index in [2.05, 4.69) is 21.7 Å². The predicted octanol–water partition coefficient (Wildman–Crippen LogP) is 1.14. The van der Waals surface area contributed by atoms with E-state index in [1.807, 2.05) is 13.8 Å².